The lowest BCUT2D eigenvalue weighted by Gasteiger charge is -2.25. The Morgan fingerprint density at radius 1 is 1.37 bits per heavy atom. The lowest BCUT2D eigenvalue weighted by molar-refractivity contribution is 0.0699. The number of nitrogens with one attached hydrogen (secondary N) is 1. The van der Waals surface area contributed by atoms with Crippen LogP contribution in [0.25, 0.3) is 10.9 Å². The fourth-order valence-corrected chi connectivity index (χ4v) is 1.85. The van der Waals surface area contributed by atoms with Crippen LogP contribution in [-0.2, 0) is 0 Å². The fraction of sp³-hybridized carbons (Fsp3) is 0.333. The summed E-state index contributed by atoms with van der Waals surface area (Å²) < 4.78 is 0. The van der Waals surface area contributed by atoms with Crippen LogP contribution in [0, 0.1) is 0 Å². The van der Waals surface area contributed by atoms with E-state index in [1.807, 2.05) is 18.2 Å². The van der Waals surface area contributed by atoms with Crippen LogP contribution in [0.15, 0.2) is 30.3 Å². The van der Waals surface area contributed by atoms with Gasteiger partial charge in [-0.3, -0.25) is 0 Å². The van der Waals surface area contributed by atoms with Gasteiger partial charge in [-0.15, -0.1) is 0 Å². The average molecular weight is 258 g/mol. The van der Waals surface area contributed by atoms with Crippen LogP contribution < -0.4 is 5.32 Å². The van der Waals surface area contributed by atoms with Gasteiger partial charge in [0.2, 0.25) is 0 Å². The van der Waals surface area contributed by atoms with E-state index >= 15 is 0 Å². The van der Waals surface area contributed by atoms with E-state index in [9.17, 15) is 9.90 Å². The third-order valence-electron chi connectivity index (χ3n) is 3.30. The Labute approximate surface area is 112 Å². The van der Waals surface area contributed by atoms with E-state index in [4.69, 9.17) is 0 Å². The molecule has 0 saturated carbocycles. The summed E-state index contributed by atoms with van der Waals surface area (Å²) in [6, 6.07) is 8.88. The molecule has 0 atom stereocenters. The van der Waals surface area contributed by atoms with Crippen molar-refractivity contribution in [2.24, 2.45) is 0 Å². The van der Waals surface area contributed by atoms with Crippen LogP contribution in [0.3, 0.4) is 0 Å². The van der Waals surface area contributed by atoms with Crippen LogP contribution in [0.1, 0.15) is 37.6 Å². The zero-order valence-electron chi connectivity index (χ0n) is 11.4. The molecule has 100 valence electrons. The molecular weight excluding hydrogens is 240 g/mol. The summed E-state index contributed by atoms with van der Waals surface area (Å²) in [6.45, 7) is 6.20. The van der Waals surface area contributed by atoms with E-state index in [2.05, 4.69) is 31.1 Å². The van der Waals surface area contributed by atoms with E-state index in [-0.39, 0.29) is 11.1 Å². The van der Waals surface area contributed by atoms with Gasteiger partial charge < -0.3 is 10.4 Å². The van der Waals surface area contributed by atoms with Crippen molar-refractivity contribution in [2.75, 3.05) is 5.32 Å². The van der Waals surface area contributed by atoms with E-state index in [1.165, 1.54) is 0 Å². The van der Waals surface area contributed by atoms with Gasteiger partial charge in [0.1, 0.15) is 5.82 Å². The molecule has 1 heterocycles. The lowest BCUT2D eigenvalue weighted by Crippen LogP contribution is -2.30. The maximum Gasteiger partial charge on any atom is 0.336 e. The zero-order valence-corrected chi connectivity index (χ0v) is 11.4. The maximum absolute atomic E-state index is 11.3. The van der Waals surface area contributed by atoms with Crippen molar-refractivity contribution in [1.29, 1.82) is 0 Å². The Balaban J connectivity index is 2.55. The number of rotatable bonds is 4. The first kappa shape index (κ1) is 13.3. The van der Waals surface area contributed by atoms with Gasteiger partial charge in [-0.2, -0.15) is 0 Å². The highest BCUT2D eigenvalue weighted by molar-refractivity contribution is 6.03. The molecule has 0 amide bonds. The lowest BCUT2D eigenvalue weighted by atomic mass is 10.0. The number of aromatic carboxylic acids is 1. The Kier molecular flexibility index (Phi) is 3.42. The first-order valence-corrected chi connectivity index (χ1v) is 6.34. The summed E-state index contributed by atoms with van der Waals surface area (Å²) in [7, 11) is 0. The normalized spacial score (nSPS) is 11.5. The molecule has 0 saturated heterocycles. The van der Waals surface area contributed by atoms with Crippen LogP contribution in [0.5, 0.6) is 0 Å². The van der Waals surface area contributed by atoms with Gasteiger partial charge in [0.25, 0.3) is 0 Å². The molecule has 0 bridgehead atoms. The van der Waals surface area contributed by atoms with E-state index in [1.54, 1.807) is 12.1 Å². The SMILES string of the molecule is CCC(C)(C)Nc1cc(C(=O)O)c2ccccc2n1. The second kappa shape index (κ2) is 4.88. The predicted octanol–water partition coefficient (Wildman–Crippen LogP) is 3.53. The summed E-state index contributed by atoms with van der Waals surface area (Å²) in [4.78, 5) is 15.8. The molecular formula is C15H18N2O2. The van der Waals surface area contributed by atoms with Crippen molar-refractivity contribution in [3.63, 3.8) is 0 Å². The summed E-state index contributed by atoms with van der Waals surface area (Å²) in [5, 5.41) is 13.3. The molecule has 0 spiro atoms. The molecule has 0 unspecified atom stereocenters. The third kappa shape index (κ3) is 2.84. The number of hydrogen-bond donors (Lipinski definition) is 2. The Morgan fingerprint density at radius 3 is 2.68 bits per heavy atom. The number of hydrogen-bond acceptors (Lipinski definition) is 3. The molecule has 1 aromatic carbocycles. The quantitative estimate of drug-likeness (QED) is 0.880. The van der Waals surface area contributed by atoms with Crippen LogP contribution in [0.4, 0.5) is 5.82 Å². The molecule has 4 nitrogen and oxygen atoms in total. The van der Waals surface area contributed by atoms with Crippen molar-refractivity contribution in [1.82, 2.24) is 4.98 Å². The highest BCUT2D eigenvalue weighted by atomic mass is 16.4. The predicted molar refractivity (Wildman–Crippen MR) is 76.7 cm³/mol. The molecule has 0 aliphatic rings. The number of fused-ring (bicyclic) bond motifs is 1. The van der Waals surface area contributed by atoms with E-state index in [0.717, 1.165) is 6.42 Å². The number of aromatic nitrogens is 1. The molecule has 2 rings (SSSR count). The molecule has 0 aliphatic heterocycles. The largest absolute Gasteiger partial charge is 0.478 e. The number of pyridine rings is 1. The van der Waals surface area contributed by atoms with E-state index in [0.29, 0.717) is 16.7 Å². The third-order valence-corrected chi connectivity index (χ3v) is 3.30. The first-order valence-electron chi connectivity index (χ1n) is 6.34. The van der Waals surface area contributed by atoms with Crippen molar-refractivity contribution in [3.8, 4) is 0 Å². The molecule has 0 radical (unpaired) electrons. The Morgan fingerprint density at radius 2 is 2.05 bits per heavy atom. The summed E-state index contributed by atoms with van der Waals surface area (Å²) in [6.07, 6.45) is 0.921. The number of anilines is 1. The average Bonchev–Trinajstić information content (AvgIpc) is 2.37. The van der Waals surface area contributed by atoms with Gasteiger partial charge in [-0.1, -0.05) is 25.1 Å². The van der Waals surface area contributed by atoms with Crippen LogP contribution in [-0.4, -0.2) is 21.6 Å². The second-order valence-corrected chi connectivity index (χ2v) is 5.24. The number of carboxylic acids is 1. The van der Waals surface area contributed by atoms with Gasteiger partial charge in [-0.25, -0.2) is 9.78 Å². The highest BCUT2D eigenvalue weighted by Crippen LogP contribution is 2.23. The summed E-state index contributed by atoms with van der Waals surface area (Å²) in [5.74, 6) is -0.334. The van der Waals surface area contributed by atoms with Gasteiger partial charge in [-0.05, 0) is 32.4 Å². The number of para-hydroxylation sites is 1. The van der Waals surface area contributed by atoms with Crippen molar-refractivity contribution >= 4 is 22.7 Å². The summed E-state index contributed by atoms with van der Waals surface area (Å²) in [5.41, 5.74) is 0.849. The minimum Gasteiger partial charge on any atom is -0.478 e. The van der Waals surface area contributed by atoms with Gasteiger partial charge in [0.05, 0.1) is 11.1 Å². The minimum absolute atomic E-state index is 0.120. The molecule has 2 N–H and O–H groups in total. The molecule has 0 aliphatic carbocycles. The van der Waals surface area contributed by atoms with E-state index < -0.39 is 5.97 Å². The fourth-order valence-electron chi connectivity index (χ4n) is 1.85. The zero-order chi connectivity index (χ0) is 14.0. The van der Waals surface area contributed by atoms with Crippen molar-refractivity contribution < 1.29 is 9.90 Å². The molecule has 19 heavy (non-hydrogen) atoms. The van der Waals surface area contributed by atoms with Crippen LogP contribution in [0.2, 0.25) is 0 Å². The second-order valence-electron chi connectivity index (χ2n) is 5.24. The molecule has 1 aromatic heterocycles. The smallest absolute Gasteiger partial charge is 0.336 e. The number of nitrogens with zero attached hydrogens (tertiary/aromatic N) is 1. The van der Waals surface area contributed by atoms with Crippen LogP contribution >= 0.6 is 0 Å². The van der Waals surface area contributed by atoms with Crippen molar-refractivity contribution in [3.05, 3.63) is 35.9 Å². The highest BCUT2D eigenvalue weighted by Gasteiger charge is 2.17. The molecule has 4 heteroatoms. The summed E-state index contributed by atoms with van der Waals surface area (Å²) >= 11 is 0. The first-order chi connectivity index (χ1) is 8.93. The maximum atomic E-state index is 11.3. The molecule has 2 aromatic rings. The topological polar surface area (TPSA) is 62.2 Å². The van der Waals surface area contributed by atoms with Gasteiger partial charge >= 0.3 is 5.97 Å². The number of carboxylic acid groups (broad SMARTS) is 1. The number of benzene rings is 1. The van der Waals surface area contributed by atoms with Gasteiger partial charge in [0, 0.05) is 10.9 Å². The Bertz CT molecular complexity index is 621. The number of carbonyl (C=O) groups is 1. The monoisotopic (exact) mass is 258 g/mol. The van der Waals surface area contributed by atoms with Crippen molar-refractivity contribution in [2.45, 2.75) is 32.7 Å². The Hall–Kier alpha value is -2.10. The van der Waals surface area contributed by atoms with Gasteiger partial charge in [0.15, 0.2) is 0 Å². The minimum atomic E-state index is -0.934. The molecule has 0 fully saturated rings. The standard InChI is InChI=1S/C15H18N2O2/c1-4-15(2,3)17-13-9-11(14(18)19)10-7-5-6-8-12(10)16-13/h5-9H,4H2,1-3H3,(H,16,17)(H,18,19).